The Labute approximate surface area is 201 Å². The van der Waals surface area contributed by atoms with Gasteiger partial charge in [-0.25, -0.2) is 0 Å². The van der Waals surface area contributed by atoms with E-state index < -0.39 is 17.3 Å². The summed E-state index contributed by atoms with van der Waals surface area (Å²) >= 11 is 0. The van der Waals surface area contributed by atoms with Gasteiger partial charge in [-0.05, 0) is 55.9 Å². The molecule has 2 aliphatic heterocycles. The lowest BCUT2D eigenvalue weighted by Gasteiger charge is -2.36. The number of rotatable bonds is 5. The number of likely N-dealkylation sites (tertiary alicyclic amines) is 1. The van der Waals surface area contributed by atoms with E-state index in [4.69, 9.17) is 5.26 Å². The Morgan fingerprint density at radius 1 is 1.23 bits per heavy atom. The summed E-state index contributed by atoms with van der Waals surface area (Å²) in [5, 5.41) is 18.5. The molecule has 2 fully saturated rings. The van der Waals surface area contributed by atoms with Crippen LogP contribution in [0.25, 0.3) is 0 Å². The van der Waals surface area contributed by atoms with E-state index in [1.54, 1.807) is 17.0 Å². The summed E-state index contributed by atoms with van der Waals surface area (Å²) in [6.45, 7) is 4.10. The molecular weight excluding hydrogens is 461 g/mol. The second-order valence-corrected chi connectivity index (χ2v) is 9.01. The van der Waals surface area contributed by atoms with Crippen LogP contribution in [0.5, 0.6) is 0 Å². The molecule has 2 N–H and O–H groups in total. The minimum atomic E-state index is -4.65. The van der Waals surface area contributed by atoms with Crippen molar-refractivity contribution in [2.45, 2.75) is 25.9 Å². The maximum atomic E-state index is 13.5. The summed E-state index contributed by atoms with van der Waals surface area (Å²) in [6.07, 6.45) is -1.71. The third-order valence-corrected chi connectivity index (χ3v) is 7.01. The molecule has 0 bridgehead atoms. The predicted molar refractivity (Wildman–Crippen MR) is 121 cm³/mol. The van der Waals surface area contributed by atoms with Crippen molar-refractivity contribution in [3.8, 4) is 6.07 Å². The second kappa shape index (κ2) is 9.98. The molecule has 35 heavy (non-hydrogen) atoms. The zero-order valence-corrected chi connectivity index (χ0v) is 19.3. The molecule has 0 spiro atoms. The zero-order chi connectivity index (χ0) is 25.2. The number of nitrogens with zero attached hydrogens (tertiary/aromatic N) is 4. The largest absolute Gasteiger partial charge is 0.417 e. The highest BCUT2D eigenvalue weighted by Crippen LogP contribution is 2.40. The Bertz CT molecular complexity index is 1100. The van der Waals surface area contributed by atoms with E-state index in [9.17, 15) is 22.8 Å². The van der Waals surface area contributed by atoms with Gasteiger partial charge >= 0.3 is 6.18 Å². The van der Waals surface area contributed by atoms with Gasteiger partial charge in [0, 0.05) is 44.6 Å². The number of piperidine rings is 1. The summed E-state index contributed by atoms with van der Waals surface area (Å²) in [5.41, 5.74) is -0.621. The number of aromatic amines is 1. The van der Waals surface area contributed by atoms with Gasteiger partial charge in [-0.2, -0.15) is 23.5 Å². The van der Waals surface area contributed by atoms with Crippen LogP contribution in [0.2, 0.25) is 0 Å². The minimum Gasteiger partial charge on any atom is -0.370 e. The average molecular weight is 489 g/mol. The number of carbonyl (C=O) groups excluding carboxylic acids is 2. The first-order valence-corrected chi connectivity index (χ1v) is 11.7. The molecule has 1 aromatic carbocycles. The molecule has 0 radical (unpaired) electrons. The standard InChI is InChI=1S/C24H27F3N6O2/c1-2-29-22(34)19-14-33(17-4-3-16(12-28)20(11-17)24(25,26)27)13-18(19)15-6-9-32(10-7-15)23(35)21-5-8-30-31-21/h3-5,8,11,15,18-19H,2,6-7,9-10,13-14H2,1H3,(H,29,34)(H,30,31)/t18-,19+/m0/s1. The van der Waals surface area contributed by atoms with Gasteiger partial charge in [0.2, 0.25) is 5.91 Å². The lowest BCUT2D eigenvalue weighted by molar-refractivity contribution is -0.137. The fourth-order valence-electron chi connectivity index (χ4n) is 5.24. The molecule has 2 amide bonds. The number of benzene rings is 1. The number of halogens is 3. The van der Waals surface area contributed by atoms with Crippen molar-refractivity contribution >= 4 is 17.5 Å². The van der Waals surface area contributed by atoms with Crippen LogP contribution in [-0.4, -0.2) is 59.6 Å². The van der Waals surface area contributed by atoms with Crippen LogP contribution >= 0.6 is 0 Å². The Kier molecular flexibility index (Phi) is 7.00. The smallest absolute Gasteiger partial charge is 0.370 e. The molecule has 2 saturated heterocycles. The number of nitrogens with one attached hydrogen (secondary N) is 2. The van der Waals surface area contributed by atoms with Crippen LogP contribution in [0.1, 0.15) is 41.4 Å². The fourth-order valence-corrected chi connectivity index (χ4v) is 5.24. The Balaban J connectivity index is 1.52. The normalized spacial score (nSPS) is 21.1. The molecule has 11 heteroatoms. The Morgan fingerprint density at radius 3 is 2.57 bits per heavy atom. The number of hydrogen-bond acceptors (Lipinski definition) is 5. The van der Waals surface area contributed by atoms with E-state index in [0.29, 0.717) is 56.9 Å². The molecule has 2 aromatic rings. The van der Waals surface area contributed by atoms with Crippen LogP contribution in [0.15, 0.2) is 30.5 Å². The van der Waals surface area contributed by atoms with Crippen molar-refractivity contribution < 1.29 is 22.8 Å². The van der Waals surface area contributed by atoms with Gasteiger partial charge in [-0.15, -0.1) is 0 Å². The van der Waals surface area contributed by atoms with E-state index in [1.165, 1.54) is 18.3 Å². The van der Waals surface area contributed by atoms with E-state index in [1.807, 2.05) is 11.8 Å². The molecule has 0 unspecified atom stereocenters. The van der Waals surface area contributed by atoms with E-state index in [2.05, 4.69) is 15.5 Å². The number of hydrogen-bond donors (Lipinski definition) is 2. The Hall–Kier alpha value is -3.55. The summed E-state index contributed by atoms with van der Waals surface area (Å²) < 4.78 is 40.5. The SMILES string of the molecule is CCNC(=O)[C@@H]1CN(c2ccc(C#N)c(C(F)(F)F)c2)C[C@H]1C1CCN(C(=O)c2ccn[nH]2)CC1. The first kappa shape index (κ1) is 24.6. The summed E-state index contributed by atoms with van der Waals surface area (Å²) in [6, 6.07) is 6.93. The van der Waals surface area contributed by atoms with Crippen molar-refractivity contribution in [1.82, 2.24) is 20.4 Å². The van der Waals surface area contributed by atoms with Gasteiger partial charge in [0.25, 0.3) is 5.91 Å². The fraction of sp³-hybridized carbons (Fsp3) is 0.500. The highest BCUT2D eigenvalue weighted by atomic mass is 19.4. The molecule has 0 saturated carbocycles. The van der Waals surface area contributed by atoms with Gasteiger partial charge in [-0.3, -0.25) is 14.7 Å². The van der Waals surface area contributed by atoms with Crippen molar-refractivity contribution in [2.75, 3.05) is 37.6 Å². The van der Waals surface area contributed by atoms with Crippen LogP contribution < -0.4 is 10.2 Å². The average Bonchev–Trinajstić information content (AvgIpc) is 3.54. The highest BCUT2D eigenvalue weighted by Gasteiger charge is 2.43. The van der Waals surface area contributed by atoms with Gasteiger partial charge in [0.05, 0.1) is 23.1 Å². The zero-order valence-electron chi connectivity index (χ0n) is 19.3. The van der Waals surface area contributed by atoms with Crippen molar-refractivity contribution in [2.24, 2.45) is 17.8 Å². The number of alkyl halides is 3. The van der Waals surface area contributed by atoms with Gasteiger partial charge in [0.15, 0.2) is 0 Å². The number of aromatic nitrogens is 2. The monoisotopic (exact) mass is 488 g/mol. The van der Waals surface area contributed by atoms with Crippen molar-refractivity contribution in [3.05, 3.63) is 47.3 Å². The number of nitriles is 1. The van der Waals surface area contributed by atoms with Gasteiger partial charge in [-0.1, -0.05) is 0 Å². The van der Waals surface area contributed by atoms with E-state index >= 15 is 0 Å². The second-order valence-electron chi connectivity index (χ2n) is 9.01. The third-order valence-electron chi connectivity index (χ3n) is 7.01. The summed E-state index contributed by atoms with van der Waals surface area (Å²) in [4.78, 5) is 29.1. The molecule has 2 atom stereocenters. The Morgan fingerprint density at radius 2 is 1.97 bits per heavy atom. The lowest BCUT2D eigenvalue weighted by Crippen LogP contribution is -2.43. The number of amides is 2. The quantitative estimate of drug-likeness (QED) is 0.673. The highest BCUT2D eigenvalue weighted by molar-refractivity contribution is 5.92. The first-order chi connectivity index (χ1) is 16.7. The number of carbonyl (C=O) groups is 2. The minimum absolute atomic E-state index is 0.0593. The van der Waals surface area contributed by atoms with Crippen molar-refractivity contribution in [1.29, 1.82) is 5.26 Å². The topological polar surface area (TPSA) is 105 Å². The van der Waals surface area contributed by atoms with E-state index in [0.717, 1.165) is 6.07 Å². The third kappa shape index (κ3) is 5.11. The summed E-state index contributed by atoms with van der Waals surface area (Å²) in [7, 11) is 0. The predicted octanol–water partition coefficient (Wildman–Crippen LogP) is 3.04. The number of H-pyrrole nitrogens is 1. The number of anilines is 1. The van der Waals surface area contributed by atoms with Gasteiger partial charge < -0.3 is 15.1 Å². The van der Waals surface area contributed by atoms with Crippen LogP contribution in [0.3, 0.4) is 0 Å². The van der Waals surface area contributed by atoms with Crippen LogP contribution in [0.4, 0.5) is 18.9 Å². The first-order valence-electron chi connectivity index (χ1n) is 11.7. The molecule has 8 nitrogen and oxygen atoms in total. The van der Waals surface area contributed by atoms with Crippen LogP contribution in [0, 0.1) is 29.1 Å². The molecule has 3 heterocycles. The molecule has 2 aliphatic rings. The molecular formula is C24H27F3N6O2. The maximum absolute atomic E-state index is 13.5. The summed E-state index contributed by atoms with van der Waals surface area (Å²) in [5.74, 6) is -0.512. The lowest BCUT2D eigenvalue weighted by atomic mass is 9.78. The molecule has 4 rings (SSSR count). The van der Waals surface area contributed by atoms with E-state index in [-0.39, 0.29) is 29.6 Å². The molecule has 0 aliphatic carbocycles. The molecule has 186 valence electrons. The van der Waals surface area contributed by atoms with Gasteiger partial charge in [0.1, 0.15) is 5.69 Å². The van der Waals surface area contributed by atoms with Crippen LogP contribution in [-0.2, 0) is 11.0 Å². The maximum Gasteiger partial charge on any atom is 0.417 e. The molecule has 1 aromatic heterocycles. The van der Waals surface area contributed by atoms with Crippen molar-refractivity contribution in [3.63, 3.8) is 0 Å².